The first kappa shape index (κ1) is 11.0. The van der Waals surface area contributed by atoms with Crippen molar-refractivity contribution in [3.63, 3.8) is 0 Å². The lowest BCUT2D eigenvalue weighted by atomic mass is 10.2. The summed E-state index contributed by atoms with van der Waals surface area (Å²) >= 11 is 5.54. The predicted molar refractivity (Wildman–Crippen MR) is 53.1 cm³/mol. The zero-order valence-corrected chi connectivity index (χ0v) is 8.79. The molecule has 0 spiro atoms. The Balaban J connectivity index is 3.14. The van der Waals surface area contributed by atoms with Crippen LogP contribution in [0.4, 0.5) is 4.39 Å². The van der Waals surface area contributed by atoms with E-state index in [1.54, 1.807) is 0 Å². The third-order valence-electron chi connectivity index (χ3n) is 1.24. The molecule has 0 fully saturated rings. The van der Waals surface area contributed by atoms with Gasteiger partial charge in [-0.15, -0.1) is 0 Å². The molecule has 0 bridgehead atoms. The minimum absolute atomic E-state index is 0.183. The molecule has 0 radical (unpaired) electrons. The summed E-state index contributed by atoms with van der Waals surface area (Å²) in [5.41, 5.74) is 0.237. The Morgan fingerprint density at radius 3 is 2.50 bits per heavy atom. The molecule has 0 aliphatic carbocycles. The molecule has 0 aromatic heterocycles. The quantitative estimate of drug-likeness (QED) is 0.640. The van der Waals surface area contributed by atoms with Crippen LogP contribution in [0.15, 0.2) is 18.2 Å². The summed E-state index contributed by atoms with van der Waals surface area (Å²) in [6.45, 7) is 0. The van der Waals surface area contributed by atoms with Gasteiger partial charge < -0.3 is 0 Å². The van der Waals surface area contributed by atoms with Crippen LogP contribution >= 0.6 is 11.6 Å². The van der Waals surface area contributed by atoms with Gasteiger partial charge in [-0.2, -0.15) is 0 Å². The minimum Gasteiger partial charge on any atom is -0.216 e. The normalized spacial score (nSPS) is 10.5. The fourth-order valence-electron chi connectivity index (χ4n) is 0.778. The van der Waals surface area contributed by atoms with Gasteiger partial charge in [-0.25, -0.2) is 12.8 Å². The van der Waals surface area contributed by atoms with Crippen LogP contribution in [0.25, 0.3) is 0 Å². The highest BCUT2D eigenvalue weighted by Crippen LogP contribution is 2.13. The molecule has 0 atom stereocenters. The Kier molecular flexibility index (Phi) is 3.14. The minimum atomic E-state index is -3.37. The zero-order valence-electron chi connectivity index (χ0n) is 7.21. The van der Waals surface area contributed by atoms with E-state index in [-0.39, 0.29) is 10.6 Å². The van der Waals surface area contributed by atoms with Crippen molar-refractivity contribution in [2.24, 2.45) is 0 Å². The first-order valence-corrected chi connectivity index (χ1v) is 5.83. The molecule has 0 saturated heterocycles. The number of rotatable bonds is 0. The molecule has 0 N–H and O–H groups in total. The second-order valence-electron chi connectivity index (χ2n) is 2.66. The second kappa shape index (κ2) is 3.99. The lowest BCUT2D eigenvalue weighted by Gasteiger charge is -1.92. The Bertz CT molecular complexity index is 491. The topological polar surface area (TPSA) is 34.1 Å². The van der Waals surface area contributed by atoms with Gasteiger partial charge in [-0.1, -0.05) is 11.6 Å². The van der Waals surface area contributed by atoms with Gasteiger partial charge >= 0.3 is 0 Å². The molecule has 2 nitrogen and oxygen atoms in total. The standard InChI is InChI=1S/C9H6ClFO2S/c1-14(12,13)3-2-7-4-8(10)6-9(11)5-7/h4-6H,1H3. The second-order valence-corrected chi connectivity index (χ2v) is 4.84. The van der Waals surface area contributed by atoms with Crippen LogP contribution in [0.2, 0.25) is 5.02 Å². The fraction of sp³-hybridized carbons (Fsp3) is 0.111. The summed E-state index contributed by atoms with van der Waals surface area (Å²) < 4.78 is 34.1. The number of benzene rings is 1. The molecule has 0 aliphatic heterocycles. The maximum Gasteiger partial charge on any atom is 0.214 e. The number of hydrogen-bond donors (Lipinski definition) is 0. The average Bonchev–Trinajstić information content (AvgIpc) is 1.97. The number of hydrogen-bond acceptors (Lipinski definition) is 2. The monoisotopic (exact) mass is 232 g/mol. The van der Waals surface area contributed by atoms with Crippen LogP contribution < -0.4 is 0 Å². The van der Waals surface area contributed by atoms with Gasteiger partial charge in [0.25, 0.3) is 0 Å². The van der Waals surface area contributed by atoms with Crippen LogP contribution in [0.1, 0.15) is 5.56 Å². The third kappa shape index (κ3) is 3.77. The largest absolute Gasteiger partial charge is 0.216 e. The number of sulfone groups is 1. The van der Waals surface area contributed by atoms with Crippen molar-refractivity contribution in [2.45, 2.75) is 0 Å². The van der Waals surface area contributed by atoms with E-state index in [4.69, 9.17) is 11.6 Å². The molecule has 1 aromatic carbocycles. The number of halogens is 2. The summed E-state index contributed by atoms with van der Waals surface area (Å²) in [6, 6.07) is 3.63. The molecule has 0 heterocycles. The lowest BCUT2D eigenvalue weighted by Crippen LogP contribution is -1.89. The van der Waals surface area contributed by atoms with Gasteiger partial charge in [-0.3, -0.25) is 0 Å². The smallest absolute Gasteiger partial charge is 0.214 e. The summed E-state index contributed by atoms with van der Waals surface area (Å²) in [5.74, 6) is 1.76. The molecular formula is C9H6ClFO2S. The van der Waals surface area contributed by atoms with Gasteiger partial charge in [0.1, 0.15) is 5.82 Å². The van der Waals surface area contributed by atoms with Crippen LogP contribution in [-0.2, 0) is 9.84 Å². The fourth-order valence-corrected chi connectivity index (χ4v) is 1.30. The first-order valence-electron chi connectivity index (χ1n) is 3.56. The maximum atomic E-state index is 12.7. The Labute approximate surface area is 86.6 Å². The maximum absolute atomic E-state index is 12.7. The predicted octanol–water partition coefficient (Wildman–Crippen LogP) is 1.83. The average molecular weight is 233 g/mol. The SMILES string of the molecule is CS(=O)(=O)C#Cc1cc(F)cc(Cl)c1. The molecule has 5 heteroatoms. The molecule has 0 unspecified atom stereocenters. The van der Waals surface area contributed by atoms with E-state index in [9.17, 15) is 12.8 Å². The summed E-state index contributed by atoms with van der Waals surface area (Å²) in [4.78, 5) is 0. The van der Waals surface area contributed by atoms with Gasteiger partial charge in [0.15, 0.2) is 0 Å². The van der Waals surface area contributed by atoms with Crippen molar-refractivity contribution in [3.05, 3.63) is 34.6 Å². The van der Waals surface area contributed by atoms with Crippen molar-refractivity contribution in [1.82, 2.24) is 0 Å². The molecule has 0 aliphatic rings. The van der Waals surface area contributed by atoms with E-state index in [0.717, 1.165) is 18.4 Å². The Morgan fingerprint density at radius 1 is 1.36 bits per heavy atom. The summed E-state index contributed by atoms with van der Waals surface area (Å²) in [5, 5.41) is 2.17. The molecule has 14 heavy (non-hydrogen) atoms. The van der Waals surface area contributed by atoms with E-state index in [1.807, 2.05) is 5.25 Å². The van der Waals surface area contributed by atoms with E-state index in [2.05, 4.69) is 5.92 Å². The van der Waals surface area contributed by atoms with E-state index in [1.165, 1.54) is 6.07 Å². The van der Waals surface area contributed by atoms with E-state index >= 15 is 0 Å². The molecule has 0 amide bonds. The van der Waals surface area contributed by atoms with Crippen LogP contribution in [0.5, 0.6) is 0 Å². The highest BCUT2D eigenvalue weighted by atomic mass is 35.5. The van der Waals surface area contributed by atoms with Crippen molar-refractivity contribution in [2.75, 3.05) is 6.26 Å². The third-order valence-corrected chi connectivity index (χ3v) is 1.93. The lowest BCUT2D eigenvalue weighted by molar-refractivity contribution is 0.611. The van der Waals surface area contributed by atoms with Crippen LogP contribution in [-0.4, -0.2) is 14.7 Å². The highest BCUT2D eigenvalue weighted by molar-refractivity contribution is 7.95. The van der Waals surface area contributed by atoms with Gasteiger partial charge in [0, 0.05) is 15.8 Å². The molecule has 74 valence electrons. The molecular weight excluding hydrogens is 227 g/mol. The van der Waals surface area contributed by atoms with Crippen LogP contribution in [0, 0.1) is 17.0 Å². The van der Waals surface area contributed by atoms with Crippen molar-refractivity contribution in [3.8, 4) is 11.2 Å². The van der Waals surface area contributed by atoms with Gasteiger partial charge in [0.05, 0.1) is 6.26 Å². The van der Waals surface area contributed by atoms with E-state index < -0.39 is 15.7 Å². The Morgan fingerprint density at radius 2 is 2.00 bits per heavy atom. The van der Waals surface area contributed by atoms with Gasteiger partial charge in [0.2, 0.25) is 9.84 Å². The van der Waals surface area contributed by atoms with Gasteiger partial charge in [-0.05, 0) is 24.1 Å². The zero-order chi connectivity index (χ0) is 10.8. The molecule has 1 rings (SSSR count). The van der Waals surface area contributed by atoms with Crippen molar-refractivity contribution in [1.29, 1.82) is 0 Å². The van der Waals surface area contributed by atoms with Crippen LogP contribution in [0.3, 0.4) is 0 Å². The highest BCUT2D eigenvalue weighted by Gasteiger charge is 1.97. The van der Waals surface area contributed by atoms with Crippen molar-refractivity contribution < 1.29 is 12.8 Å². The first-order chi connectivity index (χ1) is 6.37. The molecule has 1 aromatic rings. The summed E-state index contributed by atoms with van der Waals surface area (Å²) in [6.07, 6.45) is 0.973. The van der Waals surface area contributed by atoms with Crippen molar-refractivity contribution >= 4 is 21.4 Å². The molecule has 0 saturated carbocycles. The van der Waals surface area contributed by atoms with E-state index in [0.29, 0.717) is 0 Å². The summed E-state index contributed by atoms with van der Waals surface area (Å²) in [7, 11) is -3.37. The Hall–Kier alpha value is -1.05.